The van der Waals surface area contributed by atoms with Crippen LogP contribution >= 0.6 is 41.4 Å². The number of ether oxygens (including phenoxy) is 3. The molecule has 0 radical (unpaired) electrons. The highest BCUT2D eigenvalue weighted by Crippen LogP contribution is 2.30. The Hall–Kier alpha value is -2.38. The van der Waals surface area contributed by atoms with Crippen LogP contribution in [0, 0.1) is 0 Å². The molecule has 0 bridgehead atoms. The number of hydrogen-bond donors (Lipinski definition) is 0. The third-order valence-electron chi connectivity index (χ3n) is 7.46. The average molecular weight is 629 g/mol. The van der Waals surface area contributed by atoms with Crippen LogP contribution in [0.15, 0.2) is 42.5 Å². The molecular formula is C29H31ClN4O4P2S. The van der Waals surface area contributed by atoms with Gasteiger partial charge in [0, 0.05) is 36.1 Å². The molecule has 0 saturated carbocycles. The number of imidazole rings is 1. The highest BCUT2D eigenvalue weighted by Gasteiger charge is 2.27. The summed E-state index contributed by atoms with van der Waals surface area (Å²) in [7, 11) is 6.83. The van der Waals surface area contributed by atoms with Gasteiger partial charge in [-0.15, -0.1) is 29.8 Å². The number of benzene rings is 1. The van der Waals surface area contributed by atoms with Crippen molar-refractivity contribution in [2.45, 2.75) is 38.6 Å². The van der Waals surface area contributed by atoms with E-state index in [0.29, 0.717) is 28.9 Å². The van der Waals surface area contributed by atoms with Crippen molar-refractivity contribution in [1.29, 1.82) is 0 Å². The van der Waals surface area contributed by atoms with E-state index in [9.17, 15) is 4.79 Å². The number of hydrogen-bond acceptors (Lipinski definition) is 8. The summed E-state index contributed by atoms with van der Waals surface area (Å²) in [6.07, 6.45) is 4.33. The second kappa shape index (κ2) is 12.5. The molecule has 0 N–H and O–H groups in total. The molecule has 4 aromatic rings. The second-order valence-corrected chi connectivity index (χ2v) is 12.8. The Balaban J connectivity index is 1.15. The van der Waals surface area contributed by atoms with Crippen molar-refractivity contribution in [1.82, 2.24) is 19.4 Å². The minimum absolute atomic E-state index is 0.174. The second-order valence-electron chi connectivity index (χ2n) is 10.1. The molecule has 5 heterocycles. The molecule has 2 aliphatic heterocycles. The number of pyridine rings is 1. The molecular weight excluding hydrogens is 598 g/mol. The summed E-state index contributed by atoms with van der Waals surface area (Å²) >= 11 is 7.45. The largest absolute Gasteiger partial charge is 0.473 e. The van der Waals surface area contributed by atoms with Gasteiger partial charge in [0.1, 0.15) is 22.1 Å². The van der Waals surface area contributed by atoms with Gasteiger partial charge in [-0.25, -0.2) is 14.8 Å². The molecule has 214 valence electrons. The first-order valence-electron chi connectivity index (χ1n) is 13.4. The van der Waals surface area contributed by atoms with Crippen LogP contribution in [0.25, 0.3) is 15.9 Å². The van der Waals surface area contributed by atoms with Crippen LogP contribution in [0.4, 0.5) is 0 Å². The molecule has 3 atom stereocenters. The van der Waals surface area contributed by atoms with E-state index in [4.69, 9.17) is 35.8 Å². The number of halogens is 1. The maximum atomic E-state index is 12.3. The summed E-state index contributed by atoms with van der Waals surface area (Å²) in [6, 6.07) is 11.7. The van der Waals surface area contributed by atoms with Crippen LogP contribution < -0.4 is 15.3 Å². The topological polar surface area (TPSA) is 78.7 Å². The number of nitrogens with zero attached hydrogens (tertiary/aromatic N) is 4. The van der Waals surface area contributed by atoms with Crippen LogP contribution in [-0.4, -0.2) is 58.3 Å². The fourth-order valence-corrected chi connectivity index (χ4v) is 7.44. The van der Waals surface area contributed by atoms with Gasteiger partial charge in [0.05, 0.1) is 37.5 Å². The van der Waals surface area contributed by atoms with E-state index in [2.05, 4.69) is 34.0 Å². The van der Waals surface area contributed by atoms with Crippen molar-refractivity contribution in [3.8, 4) is 5.88 Å². The smallest absolute Gasteiger partial charge is 0.348 e. The highest BCUT2D eigenvalue weighted by atomic mass is 35.5. The molecule has 0 spiro atoms. The summed E-state index contributed by atoms with van der Waals surface area (Å²) in [6.45, 7) is 4.35. The van der Waals surface area contributed by atoms with Gasteiger partial charge in [-0.05, 0) is 47.5 Å². The average Bonchev–Trinajstić information content (AvgIpc) is 3.45. The summed E-state index contributed by atoms with van der Waals surface area (Å²) in [5.74, 6) is 1.26. The minimum atomic E-state index is -0.332. The number of carbonyl (C=O) groups excluding carboxylic acids is 1. The molecule has 1 aromatic carbocycles. The lowest BCUT2D eigenvalue weighted by molar-refractivity contribution is -0.0591. The standard InChI is InChI=1S/C29H31ClN4O4P2S/c1-36-29(35)27-26(40)25-28(41-27)32-23(34(25)14-20-9-12-37-20)15-33-10-7-17(8-11-33)21-3-2-4-24(31-21)38-16-18-5-6-19(30)13-22(18)39/h2-7,13,20H,8-12,14-16,39-40H2,1H3. The molecule has 6 rings (SSSR count). The molecule has 3 aromatic heterocycles. The van der Waals surface area contributed by atoms with Crippen molar-refractivity contribution in [2.24, 2.45) is 0 Å². The number of methoxy groups -OCH3 is 1. The first-order chi connectivity index (χ1) is 19.9. The van der Waals surface area contributed by atoms with E-state index in [1.54, 1.807) is 0 Å². The van der Waals surface area contributed by atoms with Gasteiger partial charge in [-0.2, -0.15) is 0 Å². The SMILES string of the molecule is COC(=O)c1sc2nc(CN3CC=C(c4cccc(OCc5ccc(Cl)cc5P)n4)CC3)n(CC3CCO3)c2c1P. The van der Waals surface area contributed by atoms with Gasteiger partial charge in [0.2, 0.25) is 5.88 Å². The fourth-order valence-electron chi connectivity index (χ4n) is 5.07. The summed E-state index contributed by atoms with van der Waals surface area (Å²) in [4.78, 5) is 25.8. The maximum Gasteiger partial charge on any atom is 0.348 e. The lowest BCUT2D eigenvalue weighted by atomic mass is 10.0. The van der Waals surface area contributed by atoms with Gasteiger partial charge in [-0.1, -0.05) is 29.8 Å². The molecule has 8 nitrogen and oxygen atoms in total. The lowest BCUT2D eigenvalue weighted by Gasteiger charge is -2.29. The monoisotopic (exact) mass is 628 g/mol. The van der Waals surface area contributed by atoms with Crippen molar-refractivity contribution < 1.29 is 19.0 Å². The molecule has 41 heavy (non-hydrogen) atoms. The number of carbonyl (C=O) groups is 1. The van der Waals surface area contributed by atoms with E-state index in [0.717, 1.165) is 77.1 Å². The summed E-state index contributed by atoms with van der Waals surface area (Å²) in [5.41, 5.74) is 4.19. The minimum Gasteiger partial charge on any atom is -0.473 e. The van der Waals surface area contributed by atoms with E-state index >= 15 is 0 Å². The Labute approximate surface area is 252 Å². The van der Waals surface area contributed by atoms with Gasteiger partial charge in [-0.3, -0.25) is 4.90 Å². The van der Waals surface area contributed by atoms with Crippen LogP contribution in [0.3, 0.4) is 0 Å². The number of esters is 1. The molecule has 0 amide bonds. The van der Waals surface area contributed by atoms with E-state index in [1.165, 1.54) is 24.0 Å². The predicted octanol–water partition coefficient (Wildman–Crippen LogP) is 4.59. The van der Waals surface area contributed by atoms with E-state index < -0.39 is 0 Å². The van der Waals surface area contributed by atoms with Crippen LogP contribution in [0.5, 0.6) is 5.88 Å². The third-order valence-corrected chi connectivity index (χ3v) is 10.1. The normalized spacial score (nSPS) is 17.4. The molecule has 1 saturated heterocycles. The number of thiophene rings is 1. The van der Waals surface area contributed by atoms with Crippen LogP contribution in [0.2, 0.25) is 5.02 Å². The maximum absolute atomic E-state index is 12.3. The Bertz CT molecular complexity index is 1630. The molecule has 3 unspecified atom stereocenters. The zero-order valence-corrected chi connectivity index (χ0v) is 26.5. The first kappa shape index (κ1) is 28.7. The molecule has 12 heteroatoms. The Morgan fingerprint density at radius 2 is 2.10 bits per heavy atom. The number of aromatic nitrogens is 3. The fraction of sp³-hybridized carbons (Fsp3) is 0.345. The van der Waals surface area contributed by atoms with Crippen LogP contribution in [0.1, 0.15) is 39.6 Å². The molecule has 1 fully saturated rings. The quantitative estimate of drug-likeness (QED) is 0.198. The molecule has 2 aliphatic rings. The van der Waals surface area contributed by atoms with Crippen molar-refractivity contribution in [3.05, 3.63) is 69.5 Å². The zero-order valence-electron chi connectivity index (χ0n) is 22.6. The van der Waals surface area contributed by atoms with Crippen molar-refractivity contribution >= 4 is 73.9 Å². The Morgan fingerprint density at radius 3 is 2.80 bits per heavy atom. The third kappa shape index (κ3) is 6.22. The van der Waals surface area contributed by atoms with E-state index in [1.807, 2.05) is 36.4 Å². The Kier molecular flexibility index (Phi) is 8.73. The van der Waals surface area contributed by atoms with Gasteiger partial charge in [0.15, 0.2) is 0 Å². The van der Waals surface area contributed by atoms with Crippen LogP contribution in [-0.2, 0) is 29.2 Å². The highest BCUT2D eigenvalue weighted by molar-refractivity contribution is 7.33. The lowest BCUT2D eigenvalue weighted by Crippen LogP contribution is -2.34. The van der Waals surface area contributed by atoms with Gasteiger partial charge >= 0.3 is 5.97 Å². The first-order valence-corrected chi connectivity index (χ1v) is 15.8. The van der Waals surface area contributed by atoms with Gasteiger partial charge in [0.25, 0.3) is 0 Å². The predicted molar refractivity (Wildman–Crippen MR) is 170 cm³/mol. The Morgan fingerprint density at radius 1 is 1.24 bits per heavy atom. The summed E-state index contributed by atoms with van der Waals surface area (Å²) in [5, 5.41) is 2.56. The van der Waals surface area contributed by atoms with Crippen molar-refractivity contribution in [2.75, 3.05) is 26.8 Å². The zero-order chi connectivity index (χ0) is 28.5. The van der Waals surface area contributed by atoms with Gasteiger partial charge < -0.3 is 18.8 Å². The number of fused-ring (bicyclic) bond motifs is 1. The van der Waals surface area contributed by atoms with E-state index in [-0.39, 0.29) is 12.1 Å². The number of rotatable bonds is 9. The molecule has 0 aliphatic carbocycles. The summed E-state index contributed by atoms with van der Waals surface area (Å²) < 4.78 is 19.0. The van der Waals surface area contributed by atoms with Crippen molar-refractivity contribution in [3.63, 3.8) is 0 Å².